The van der Waals surface area contributed by atoms with E-state index in [9.17, 15) is 9.59 Å². The SMILES string of the molecule is CC(C)C[C@H]([NH3+])C(=O)N1CCC[C@H]1C(=O)OCc1ccccc1.[Cl-]. The number of ether oxygens (including phenoxy) is 1. The van der Waals surface area contributed by atoms with Gasteiger partial charge in [0.25, 0.3) is 5.91 Å². The summed E-state index contributed by atoms with van der Waals surface area (Å²) in [7, 11) is 0. The van der Waals surface area contributed by atoms with Crippen molar-refractivity contribution in [2.45, 2.75) is 51.8 Å². The first-order chi connectivity index (χ1) is 11.0. The summed E-state index contributed by atoms with van der Waals surface area (Å²) in [5, 5.41) is 0. The first-order valence-corrected chi connectivity index (χ1v) is 8.33. The third-order valence-electron chi connectivity index (χ3n) is 4.14. The number of hydrogen-bond acceptors (Lipinski definition) is 3. The molecule has 1 aliphatic heterocycles. The number of carbonyl (C=O) groups excluding carboxylic acids is 2. The minimum Gasteiger partial charge on any atom is -1.00 e. The van der Waals surface area contributed by atoms with E-state index in [0.717, 1.165) is 18.4 Å². The highest BCUT2D eigenvalue weighted by molar-refractivity contribution is 5.87. The monoisotopic (exact) mass is 354 g/mol. The minimum atomic E-state index is -0.456. The van der Waals surface area contributed by atoms with Crippen LogP contribution in [0.3, 0.4) is 0 Å². The Hall–Kier alpha value is -1.59. The van der Waals surface area contributed by atoms with Gasteiger partial charge < -0.3 is 27.8 Å². The molecule has 0 bridgehead atoms. The van der Waals surface area contributed by atoms with Gasteiger partial charge in [0.1, 0.15) is 12.6 Å². The highest BCUT2D eigenvalue weighted by Crippen LogP contribution is 2.20. The van der Waals surface area contributed by atoms with Crippen LogP contribution >= 0.6 is 0 Å². The van der Waals surface area contributed by atoms with Crippen molar-refractivity contribution in [2.24, 2.45) is 5.92 Å². The van der Waals surface area contributed by atoms with Crippen LogP contribution in [0.15, 0.2) is 30.3 Å². The number of quaternary nitrogens is 1. The third-order valence-corrected chi connectivity index (χ3v) is 4.14. The van der Waals surface area contributed by atoms with E-state index in [0.29, 0.717) is 18.9 Å². The van der Waals surface area contributed by atoms with E-state index in [4.69, 9.17) is 4.74 Å². The fraction of sp³-hybridized carbons (Fsp3) is 0.556. The molecule has 0 radical (unpaired) electrons. The van der Waals surface area contributed by atoms with Gasteiger partial charge in [-0.05, 0) is 24.3 Å². The molecule has 0 aromatic heterocycles. The number of hydrogen-bond donors (Lipinski definition) is 1. The summed E-state index contributed by atoms with van der Waals surface area (Å²) < 4.78 is 5.40. The molecular weight excluding hydrogens is 328 g/mol. The Bertz CT molecular complexity index is 536. The molecule has 1 fully saturated rings. The lowest BCUT2D eigenvalue weighted by Crippen LogP contribution is -3.00. The van der Waals surface area contributed by atoms with Crippen molar-refractivity contribution in [1.82, 2.24) is 4.90 Å². The van der Waals surface area contributed by atoms with Crippen molar-refractivity contribution in [3.05, 3.63) is 35.9 Å². The molecule has 2 rings (SSSR count). The Balaban J connectivity index is 0.00000288. The van der Waals surface area contributed by atoms with Crippen LogP contribution in [-0.4, -0.2) is 35.4 Å². The van der Waals surface area contributed by atoms with Gasteiger partial charge in [-0.1, -0.05) is 44.2 Å². The fourth-order valence-corrected chi connectivity index (χ4v) is 3.00. The maximum atomic E-state index is 12.5. The van der Waals surface area contributed by atoms with Gasteiger partial charge in [0.15, 0.2) is 6.04 Å². The molecule has 0 unspecified atom stereocenters. The molecule has 1 heterocycles. The second-order valence-electron chi connectivity index (χ2n) is 6.61. The quantitative estimate of drug-likeness (QED) is 0.624. The molecule has 0 aliphatic carbocycles. The molecule has 1 aromatic rings. The molecule has 134 valence electrons. The number of nitrogens with zero attached hydrogens (tertiary/aromatic N) is 1. The highest BCUT2D eigenvalue weighted by Gasteiger charge is 2.38. The molecule has 2 atom stereocenters. The van der Waals surface area contributed by atoms with Crippen molar-refractivity contribution in [1.29, 1.82) is 0 Å². The van der Waals surface area contributed by atoms with Crippen LogP contribution in [0.1, 0.15) is 38.7 Å². The van der Waals surface area contributed by atoms with E-state index in [-0.39, 0.29) is 36.9 Å². The van der Waals surface area contributed by atoms with Gasteiger partial charge in [0.05, 0.1) is 0 Å². The van der Waals surface area contributed by atoms with Crippen molar-refractivity contribution in [3.63, 3.8) is 0 Å². The van der Waals surface area contributed by atoms with E-state index in [1.165, 1.54) is 0 Å². The normalized spacial score (nSPS) is 18.2. The number of halogens is 1. The molecule has 1 saturated heterocycles. The molecule has 5 nitrogen and oxygen atoms in total. The van der Waals surface area contributed by atoms with Gasteiger partial charge in [0.2, 0.25) is 0 Å². The Morgan fingerprint density at radius 2 is 1.96 bits per heavy atom. The summed E-state index contributed by atoms with van der Waals surface area (Å²) >= 11 is 0. The molecule has 1 aromatic carbocycles. The molecular formula is C18H27ClN2O3. The topological polar surface area (TPSA) is 74.3 Å². The van der Waals surface area contributed by atoms with Gasteiger partial charge in [0, 0.05) is 13.0 Å². The lowest BCUT2D eigenvalue weighted by atomic mass is 10.0. The lowest BCUT2D eigenvalue weighted by Gasteiger charge is -2.25. The first kappa shape index (κ1) is 20.5. The average Bonchev–Trinajstić information content (AvgIpc) is 3.01. The second kappa shape index (κ2) is 9.64. The smallest absolute Gasteiger partial charge is 0.329 e. The molecule has 0 spiro atoms. The minimum absolute atomic E-state index is 0. The average molecular weight is 355 g/mol. The first-order valence-electron chi connectivity index (χ1n) is 8.33. The summed E-state index contributed by atoms with van der Waals surface area (Å²) in [5.74, 6) is 0.0712. The van der Waals surface area contributed by atoms with E-state index in [2.05, 4.69) is 19.6 Å². The number of rotatable bonds is 6. The zero-order valence-corrected chi connectivity index (χ0v) is 15.2. The number of likely N-dealkylation sites (tertiary alicyclic amines) is 1. The van der Waals surface area contributed by atoms with Crippen LogP contribution in [0.2, 0.25) is 0 Å². The van der Waals surface area contributed by atoms with Crippen LogP contribution in [0.4, 0.5) is 0 Å². The van der Waals surface area contributed by atoms with E-state index < -0.39 is 6.04 Å². The van der Waals surface area contributed by atoms with Crippen molar-refractivity contribution < 1.29 is 32.5 Å². The predicted molar refractivity (Wildman–Crippen MR) is 87.1 cm³/mol. The summed E-state index contributed by atoms with van der Waals surface area (Å²) in [5.41, 5.74) is 4.92. The highest BCUT2D eigenvalue weighted by atomic mass is 35.5. The summed E-state index contributed by atoms with van der Waals surface area (Å²) in [4.78, 5) is 26.5. The maximum absolute atomic E-state index is 12.5. The molecule has 3 N–H and O–H groups in total. The molecule has 24 heavy (non-hydrogen) atoms. The zero-order valence-electron chi connectivity index (χ0n) is 14.4. The Labute approximate surface area is 149 Å². The zero-order chi connectivity index (χ0) is 16.8. The van der Waals surface area contributed by atoms with Crippen LogP contribution in [-0.2, 0) is 20.9 Å². The third kappa shape index (κ3) is 5.49. The van der Waals surface area contributed by atoms with Crippen molar-refractivity contribution in [2.75, 3.05) is 6.54 Å². The maximum Gasteiger partial charge on any atom is 0.329 e. The number of carbonyl (C=O) groups is 2. The Morgan fingerprint density at radius 3 is 2.58 bits per heavy atom. The number of amides is 1. The summed E-state index contributed by atoms with van der Waals surface area (Å²) in [6.45, 7) is 5.01. The number of esters is 1. The van der Waals surface area contributed by atoms with E-state index in [1.54, 1.807) is 4.90 Å². The Morgan fingerprint density at radius 1 is 1.29 bits per heavy atom. The predicted octanol–water partition coefficient (Wildman–Crippen LogP) is -1.62. The van der Waals surface area contributed by atoms with Gasteiger partial charge in [-0.25, -0.2) is 4.79 Å². The van der Waals surface area contributed by atoms with Crippen LogP contribution in [0.5, 0.6) is 0 Å². The standard InChI is InChI=1S/C18H26N2O3.ClH/c1-13(2)11-15(19)17(21)20-10-6-9-16(20)18(22)23-12-14-7-4-3-5-8-14;/h3-5,7-8,13,15-16H,6,9-12,19H2,1-2H3;1H/t15-,16-;/m0./s1. The van der Waals surface area contributed by atoms with Gasteiger partial charge >= 0.3 is 5.97 Å². The van der Waals surface area contributed by atoms with Crippen molar-refractivity contribution >= 4 is 11.9 Å². The van der Waals surface area contributed by atoms with Gasteiger partial charge in [-0.15, -0.1) is 0 Å². The molecule has 6 heteroatoms. The molecule has 1 amide bonds. The largest absolute Gasteiger partial charge is 1.00 e. The van der Waals surface area contributed by atoms with Crippen LogP contribution in [0.25, 0.3) is 0 Å². The summed E-state index contributed by atoms with van der Waals surface area (Å²) in [6.07, 6.45) is 2.25. The second-order valence-corrected chi connectivity index (χ2v) is 6.61. The summed E-state index contributed by atoms with van der Waals surface area (Å²) in [6, 6.07) is 8.83. The van der Waals surface area contributed by atoms with Crippen LogP contribution in [0, 0.1) is 5.92 Å². The Kier molecular flexibility index (Phi) is 8.22. The van der Waals surface area contributed by atoms with E-state index >= 15 is 0 Å². The lowest BCUT2D eigenvalue weighted by molar-refractivity contribution is -0.408. The number of benzene rings is 1. The van der Waals surface area contributed by atoms with E-state index in [1.807, 2.05) is 30.3 Å². The van der Waals surface area contributed by atoms with Crippen molar-refractivity contribution in [3.8, 4) is 0 Å². The van der Waals surface area contributed by atoms with Gasteiger partial charge in [-0.2, -0.15) is 0 Å². The molecule has 1 aliphatic rings. The van der Waals surface area contributed by atoms with Gasteiger partial charge in [-0.3, -0.25) is 4.79 Å². The van der Waals surface area contributed by atoms with Crippen LogP contribution < -0.4 is 18.1 Å². The fourth-order valence-electron chi connectivity index (χ4n) is 3.00. The molecule has 0 saturated carbocycles.